The van der Waals surface area contributed by atoms with Crippen molar-refractivity contribution in [1.29, 1.82) is 0 Å². The van der Waals surface area contributed by atoms with Crippen molar-refractivity contribution in [3.63, 3.8) is 0 Å². The maximum absolute atomic E-state index is 13.0. The van der Waals surface area contributed by atoms with Crippen LogP contribution in [0.3, 0.4) is 0 Å². The number of nitrogens with two attached hydrogens (primary N) is 1. The first-order valence-electron chi connectivity index (χ1n) is 4.41. The number of halogens is 2. The van der Waals surface area contributed by atoms with E-state index in [1.165, 1.54) is 19.2 Å². The second kappa shape index (κ2) is 5.17. The minimum atomic E-state index is -0.345. The minimum Gasteiger partial charge on any atom is -0.495 e. The molecule has 0 radical (unpaired) electrons. The van der Waals surface area contributed by atoms with Crippen LogP contribution in [0.5, 0.6) is 5.75 Å². The summed E-state index contributed by atoms with van der Waals surface area (Å²) < 4.78 is 18.1. The van der Waals surface area contributed by atoms with Gasteiger partial charge in [0.05, 0.1) is 12.1 Å². The van der Waals surface area contributed by atoms with E-state index in [1.807, 2.05) is 0 Å². The van der Waals surface area contributed by atoms with Crippen molar-refractivity contribution in [2.75, 3.05) is 13.7 Å². The molecular formula is C10H13ClFNO. The van der Waals surface area contributed by atoms with Gasteiger partial charge in [-0.3, -0.25) is 0 Å². The summed E-state index contributed by atoms with van der Waals surface area (Å²) in [5, 5.41) is 0.305. The average Bonchev–Trinajstić information content (AvgIpc) is 2.14. The molecular weight excluding hydrogens is 205 g/mol. The van der Waals surface area contributed by atoms with E-state index in [0.29, 0.717) is 23.7 Å². The third-order valence-corrected chi connectivity index (χ3v) is 2.22. The highest BCUT2D eigenvalue weighted by Gasteiger charge is 2.09. The molecule has 0 saturated heterocycles. The van der Waals surface area contributed by atoms with Gasteiger partial charge in [0.1, 0.15) is 11.6 Å². The fourth-order valence-electron chi connectivity index (χ4n) is 1.32. The Hall–Kier alpha value is -0.800. The molecule has 0 aliphatic rings. The molecule has 78 valence electrons. The molecule has 4 heteroatoms. The van der Waals surface area contributed by atoms with E-state index in [1.54, 1.807) is 0 Å². The van der Waals surface area contributed by atoms with Crippen molar-refractivity contribution in [3.8, 4) is 5.75 Å². The quantitative estimate of drug-likeness (QED) is 0.841. The third-order valence-electron chi connectivity index (χ3n) is 1.94. The van der Waals surface area contributed by atoms with E-state index >= 15 is 0 Å². The van der Waals surface area contributed by atoms with Gasteiger partial charge in [-0.05, 0) is 37.1 Å². The summed E-state index contributed by atoms with van der Waals surface area (Å²) in [6.07, 6.45) is 1.47. The number of aryl methyl sites for hydroxylation is 1. The van der Waals surface area contributed by atoms with Crippen molar-refractivity contribution >= 4 is 11.6 Å². The number of benzene rings is 1. The number of ether oxygens (including phenoxy) is 1. The molecule has 0 aliphatic carbocycles. The molecule has 1 aromatic carbocycles. The molecule has 0 saturated carbocycles. The number of rotatable bonds is 4. The lowest BCUT2D eigenvalue weighted by molar-refractivity contribution is 0.408. The van der Waals surface area contributed by atoms with E-state index in [0.717, 1.165) is 12.0 Å². The molecule has 0 spiro atoms. The Labute approximate surface area is 87.8 Å². The predicted octanol–water partition coefficient (Wildman–Crippen LogP) is 2.38. The maximum atomic E-state index is 13.0. The van der Waals surface area contributed by atoms with Crippen molar-refractivity contribution in [2.24, 2.45) is 5.73 Å². The Balaban J connectivity index is 2.99. The van der Waals surface area contributed by atoms with Crippen LogP contribution in [0.2, 0.25) is 5.02 Å². The molecule has 0 heterocycles. The van der Waals surface area contributed by atoms with E-state index in [-0.39, 0.29) is 5.82 Å². The normalized spacial score (nSPS) is 10.3. The van der Waals surface area contributed by atoms with Gasteiger partial charge < -0.3 is 10.5 Å². The summed E-state index contributed by atoms with van der Waals surface area (Å²) in [5.74, 6) is 0.198. The molecule has 2 nitrogen and oxygen atoms in total. The molecule has 1 rings (SSSR count). The highest BCUT2D eigenvalue weighted by molar-refractivity contribution is 6.32. The lowest BCUT2D eigenvalue weighted by Crippen LogP contribution is -2.02. The minimum absolute atomic E-state index is 0.305. The lowest BCUT2D eigenvalue weighted by Gasteiger charge is -2.09. The SMILES string of the molecule is COc1c(Cl)cc(F)cc1CCCN. The van der Waals surface area contributed by atoms with Crippen LogP contribution in [0.15, 0.2) is 12.1 Å². The van der Waals surface area contributed by atoms with Gasteiger partial charge in [0, 0.05) is 0 Å². The Morgan fingerprint density at radius 2 is 2.21 bits per heavy atom. The van der Waals surface area contributed by atoms with Gasteiger partial charge in [0.15, 0.2) is 0 Å². The molecule has 14 heavy (non-hydrogen) atoms. The van der Waals surface area contributed by atoms with Gasteiger partial charge in [-0.2, -0.15) is 0 Å². The van der Waals surface area contributed by atoms with Crippen LogP contribution >= 0.6 is 11.6 Å². The van der Waals surface area contributed by atoms with Gasteiger partial charge in [-0.15, -0.1) is 0 Å². The first-order chi connectivity index (χ1) is 6.69. The molecule has 0 amide bonds. The van der Waals surface area contributed by atoms with Gasteiger partial charge in [-0.1, -0.05) is 11.6 Å². The Morgan fingerprint density at radius 3 is 2.79 bits per heavy atom. The highest BCUT2D eigenvalue weighted by Crippen LogP contribution is 2.30. The van der Waals surface area contributed by atoms with Crippen LogP contribution in [0.25, 0.3) is 0 Å². The van der Waals surface area contributed by atoms with Crippen molar-refractivity contribution in [1.82, 2.24) is 0 Å². The summed E-state index contributed by atoms with van der Waals surface area (Å²) in [4.78, 5) is 0. The van der Waals surface area contributed by atoms with Gasteiger partial charge in [0.25, 0.3) is 0 Å². The molecule has 2 N–H and O–H groups in total. The summed E-state index contributed by atoms with van der Waals surface area (Å²) in [6.45, 7) is 0.567. The number of hydrogen-bond acceptors (Lipinski definition) is 2. The zero-order valence-corrected chi connectivity index (χ0v) is 8.77. The van der Waals surface area contributed by atoms with E-state index in [2.05, 4.69) is 0 Å². The summed E-state index contributed by atoms with van der Waals surface area (Å²) >= 11 is 5.82. The van der Waals surface area contributed by atoms with Crippen molar-refractivity contribution in [3.05, 3.63) is 28.5 Å². The van der Waals surface area contributed by atoms with Gasteiger partial charge in [0.2, 0.25) is 0 Å². The van der Waals surface area contributed by atoms with E-state index < -0.39 is 0 Å². The second-order valence-electron chi connectivity index (χ2n) is 2.97. The monoisotopic (exact) mass is 217 g/mol. The van der Waals surface area contributed by atoms with Crippen molar-refractivity contribution < 1.29 is 9.13 Å². The average molecular weight is 218 g/mol. The number of methoxy groups -OCH3 is 1. The molecule has 0 aliphatic heterocycles. The van der Waals surface area contributed by atoms with Crippen LogP contribution in [-0.4, -0.2) is 13.7 Å². The largest absolute Gasteiger partial charge is 0.495 e. The maximum Gasteiger partial charge on any atom is 0.140 e. The van der Waals surface area contributed by atoms with Crippen LogP contribution in [0.4, 0.5) is 4.39 Å². The zero-order chi connectivity index (χ0) is 10.6. The Kier molecular flexibility index (Phi) is 4.17. The molecule has 0 atom stereocenters. The van der Waals surface area contributed by atoms with Crippen LogP contribution in [0.1, 0.15) is 12.0 Å². The summed E-state index contributed by atoms with van der Waals surface area (Å²) in [7, 11) is 1.52. The van der Waals surface area contributed by atoms with Crippen LogP contribution < -0.4 is 10.5 Å². The Bertz CT molecular complexity index is 317. The predicted molar refractivity (Wildman–Crippen MR) is 55.3 cm³/mol. The molecule has 0 bridgehead atoms. The number of hydrogen-bond donors (Lipinski definition) is 1. The van der Waals surface area contributed by atoms with Gasteiger partial charge >= 0.3 is 0 Å². The van der Waals surface area contributed by atoms with Crippen LogP contribution in [-0.2, 0) is 6.42 Å². The van der Waals surface area contributed by atoms with Gasteiger partial charge in [-0.25, -0.2) is 4.39 Å². The van der Waals surface area contributed by atoms with Crippen LogP contribution in [0, 0.1) is 5.82 Å². The first-order valence-corrected chi connectivity index (χ1v) is 4.78. The molecule has 0 unspecified atom stereocenters. The highest BCUT2D eigenvalue weighted by atomic mass is 35.5. The molecule has 1 aromatic rings. The van der Waals surface area contributed by atoms with Crippen molar-refractivity contribution in [2.45, 2.75) is 12.8 Å². The standard InChI is InChI=1S/C10H13ClFNO/c1-14-10-7(3-2-4-13)5-8(12)6-9(10)11/h5-6H,2-4,13H2,1H3. The molecule has 0 fully saturated rings. The summed E-state index contributed by atoms with van der Waals surface area (Å²) in [5.41, 5.74) is 6.14. The second-order valence-corrected chi connectivity index (χ2v) is 3.38. The molecule has 0 aromatic heterocycles. The fraction of sp³-hybridized carbons (Fsp3) is 0.400. The lowest BCUT2D eigenvalue weighted by atomic mass is 10.1. The fourth-order valence-corrected chi connectivity index (χ4v) is 1.62. The smallest absolute Gasteiger partial charge is 0.140 e. The summed E-state index contributed by atoms with van der Waals surface area (Å²) in [6, 6.07) is 2.67. The topological polar surface area (TPSA) is 35.2 Å². The van der Waals surface area contributed by atoms with E-state index in [9.17, 15) is 4.39 Å². The Morgan fingerprint density at radius 1 is 1.50 bits per heavy atom. The zero-order valence-electron chi connectivity index (χ0n) is 8.02. The van der Waals surface area contributed by atoms with E-state index in [4.69, 9.17) is 22.1 Å². The third kappa shape index (κ3) is 2.59. The first kappa shape index (κ1) is 11.3.